The van der Waals surface area contributed by atoms with E-state index in [0.29, 0.717) is 22.4 Å². The summed E-state index contributed by atoms with van der Waals surface area (Å²) in [6.07, 6.45) is 1.62. The third-order valence-corrected chi connectivity index (χ3v) is 5.33. The minimum atomic E-state index is -0.615. The highest BCUT2D eigenvalue weighted by Gasteiger charge is 2.44. The fourth-order valence-corrected chi connectivity index (χ4v) is 4.06. The number of amides is 1. The Bertz CT molecular complexity index is 1280. The van der Waals surface area contributed by atoms with E-state index in [2.05, 4.69) is 20.9 Å². The third kappa shape index (κ3) is 2.49. The number of pyridine rings is 1. The molecule has 0 aliphatic carbocycles. The van der Waals surface area contributed by atoms with Crippen LogP contribution < -0.4 is 10.3 Å². The van der Waals surface area contributed by atoms with E-state index in [9.17, 15) is 9.59 Å². The zero-order valence-corrected chi connectivity index (χ0v) is 16.1. The summed E-state index contributed by atoms with van der Waals surface area (Å²) >= 11 is 3.48. The minimum absolute atomic E-state index is 0.0688. The molecule has 0 saturated heterocycles. The first-order valence-electron chi connectivity index (χ1n) is 8.71. The van der Waals surface area contributed by atoms with E-state index in [1.54, 1.807) is 42.6 Å². The van der Waals surface area contributed by atoms with E-state index in [-0.39, 0.29) is 17.1 Å². The van der Waals surface area contributed by atoms with Crippen molar-refractivity contribution in [3.63, 3.8) is 0 Å². The summed E-state index contributed by atoms with van der Waals surface area (Å²) in [5.74, 6) is 0.160. The lowest BCUT2D eigenvalue weighted by Crippen LogP contribution is -2.30. The van der Waals surface area contributed by atoms with Crippen LogP contribution in [0.1, 0.15) is 27.7 Å². The normalized spacial score (nSPS) is 15.8. The number of para-hydroxylation sites is 1. The first-order valence-corrected chi connectivity index (χ1v) is 9.50. The lowest BCUT2D eigenvalue weighted by Gasteiger charge is -2.24. The summed E-state index contributed by atoms with van der Waals surface area (Å²) in [5.41, 5.74) is 1.34. The van der Waals surface area contributed by atoms with Crippen molar-refractivity contribution in [2.75, 3.05) is 4.90 Å². The van der Waals surface area contributed by atoms with E-state index in [0.717, 1.165) is 10.0 Å². The standard InChI is InChI=1S/C22H13BrN2O3/c23-14-7-5-6-13(12-14)19-18-20(26)15-8-1-2-9-16(15)28-21(18)22(27)25(19)17-10-3-4-11-24-17/h1-12,19H/t19-/m1/s1. The van der Waals surface area contributed by atoms with Gasteiger partial charge < -0.3 is 4.42 Å². The molecule has 5 nitrogen and oxygen atoms in total. The Hall–Kier alpha value is -3.25. The van der Waals surface area contributed by atoms with Gasteiger partial charge in [-0.25, -0.2) is 4.98 Å². The zero-order valence-electron chi connectivity index (χ0n) is 14.5. The second-order valence-electron chi connectivity index (χ2n) is 6.49. The average Bonchev–Trinajstić information content (AvgIpc) is 3.02. The molecule has 2 aromatic carbocycles. The number of anilines is 1. The predicted octanol–water partition coefficient (Wildman–Crippen LogP) is 4.70. The molecule has 0 radical (unpaired) electrons. The van der Waals surface area contributed by atoms with Gasteiger partial charge in [0.2, 0.25) is 5.76 Å². The monoisotopic (exact) mass is 432 g/mol. The minimum Gasteiger partial charge on any atom is -0.450 e. The van der Waals surface area contributed by atoms with Gasteiger partial charge in [0.15, 0.2) is 5.43 Å². The summed E-state index contributed by atoms with van der Waals surface area (Å²) in [6, 6.07) is 19.3. The van der Waals surface area contributed by atoms with E-state index in [1.165, 1.54) is 4.90 Å². The molecule has 5 rings (SSSR count). The number of benzene rings is 2. The number of halogens is 1. The fourth-order valence-electron chi connectivity index (χ4n) is 3.64. The molecule has 0 fully saturated rings. The molecule has 3 heterocycles. The molecule has 28 heavy (non-hydrogen) atoms. The van der Waals surface area contributed by atoms with Gasteiger partial charge in [0.05, 0.1) is 17.0 Å². The van der Waals surface area contributed by atoms with Gasteiger partial charge in [0, 0.05) is 10.7 Å². The Morgan fingerprint density at radius 3 is 2.57 bits per heavy atom. The van der Waals surface area contributed by atoms with Gasteiger partial charge in [-0.05, 0) is 42.0 Å². The number of hydrogen-bond donors (Lipinski definition) is 0. The Balaban J connectivity index is 1.84. The average molecular weight is 433 g/mol. The van der Waals surface area contributed by atoms with E-state index >= 15 is 0 Å². The Morgan fingerprint density at radius 2 is 1.79 bits per heavy atom. The van der Waals surface area contributed by atoms with Crippen LogP contribution in [-0.4, -0.2) is 10.9 Å². The smallest absolute Gasteiger partial charge is 0.296 e. The maximum absolute atomic E-state index is 13.3. The second-order valence-corrected chi connectivity index (χ2v) is 7.41. The van der Waals surface area contributed by atoms with Gasteiger partial charge in [-0.2, -0.15) is 0 Å². The predicted molar refractivity (Wildman–Crippen MR) is 110 cm³/mol. The molecular formula is C22H13BrN2O3. The molecule has 0 N–H and O–H groups in total. The molecule has 1 aliphatic heterocycles. The highest BCUT2D eigenvalue weighted by molar-refractivity contribution is 9.10. The maximum atomic E-state index is 13.3. The maximum Gasteiger partial charge on any atom is 0.296 e. The summed E-state index contributed by atoms with van der Waals surface area (Å²) in [4.78, 5) is 32.5. The lowest BCUT2D eigenvalue weighted by atomic mass is 9.98. The van der Waals surface area contributed by atoms with Gasteiger partial charge in [-0.3, -0.25) is 14.5 Å². The first kappa shape index (κ1) is 16.9. The van der Waals surface area contributed by atoms with Gasteiger partial charge in [-0.1, -0.05) is 46.3 Å². The lowest BCUT2D eigenvalue weighted by molar-refractivity contribution is 0.0970. The first-order chi connectivity index (χ1) is 13.6. The molecular weight excluding hydrogens is 420 g/mol. The van der Waals surface area contributed by atoms with Crippen LogP contribution in [-0.2, 0) is 0 Å². The van der Waals surface area contributed by atoms with Crippen molar-refractivity contribution in [2.45, 2.75) is 6.04 Å². The number of aromatic nitrogens is 1. The quantitative estimate of drug-likeness (QED) is 0.460. The van der Waals surface area contributed by atoms with Crippen molar-refractivity contribution in [1.82, 2.24) is 4.98 Å². The third-order valence-electron chi connectivity index (χ3n) is 4.84. The molecule has 136 valence electrons. The van der Waals surface area contributed by atoms with Crippen LogP contribution in [0.25, 0.3) is 11.0 Å². The van der Waals surface area contributed by atoms with Crippen LogP contribution in [0, 0.1) is 0 Å². The van der Waals surface area contributed by atoms with Gasteiger partial charge in [0.1, 0.15) is 11.4 Å². The highest BCUT2D eigenvalue weighted by atomic mass is 79.9. The van der Waals surface area contributed by atoms with Gasteiger partial charge >= 0.3 is 0 Å². The van der Waals surface area contributed by atoms with Crippen molar-refractivity contribution in [3.8, 4) is 0 Å². The molecule has 0 spiro atoms. The largest absolute Gasteiger partial charge is 0.450 e. The topological polar surface area (TPSA) is 63.4 Å². The highest BCUT2D eigenvalue weighted by Crippen LogP contribution is 2.40. The van der Waals surface area contributed by atoms with Crippen molar-refractivity contribution in [1.29, 1.82) is 0 Å². The summed E-state index contributed by atoms with van der Waals surface area (Å²) in [5, 5.41) is 0.455. The van der Waals surface area contributed by atoms with E-state index in [4.69, 9.17) is 4.42 Å². The Kier molecular flexibility index (Phi) is 3.87. The number of hydrogen-bond acceptors (Lipinski definition) is 4. The fraction of sp³-hybridized carbons (Fsp3) is 0.0455. The summed E-state index contributed by atoms with van der Waals surface area (Å²) in [7, 11) is 0. The molecule has 1 aliphatic rings. The van der Waals surface area contributed by atoms with Gasteiger partial charge in [0.25, 0.3) is 5.91 Å². The van der Waals surface area contributed by atoms with Crippen LogP contribution in [0.4, 0.5) is 5.82 Å². The molecule has 0 unspecified atom stereocenters. The van der Waals surface area contributed by atoms with Crippen LogP contribution >= 0.6 is 15.9 Å². The zero-order chi connectivity index (χ0) is 19.3. The molecule has 4 aromatic rings. The van der Waals surface area contributed by atoms with Crippen molar-refractivity contribution < 1.29 is 9.21 Å². The number of rotatable bonds is 2. The molecule has 1 atom stereocenters. The molecule has 0 bridgehead atoms. The number of fused-ring (bicyclic) bond motifs is 2. The number of carbonyl (C=O) groups is 1. The molecule has 1 amide bonds. The summed E-state index contributed by atoms with van der Waals surface area (Å²) in [6.45, 7) is 0. The molecule has 0 saturated carbocycles. The summed E-state index contributed by atoms with van der Waals surface area (Å²) < 4.78 is 6.76. The van der Waals surface area contributed by atoms with E-state index < -0.39 is 6.04 Å². The van der Waals surface area contributed by atoms with Crippen LogP contribution in [0.2, 0.25) is 0 Å². The Labute approximate surface area is 168 Å². The molecule has 6 heteroatoms. The Morgan fingerprint density at radius 1 is 0.964 bits per heavy atom. The number of carbonyl (C=O) groups excluding carboxylic acids is 1. The van der Waals surface area contributed by atoms with Crippen LogP contribution in [0.3, 0.4) is 0 Å². The van der Waals surface area contributed by atoms with Crippen molar-refractivity contribution >= 4 is 38.6 Å². The van der Waals surface area contributed by atoms with E-state index in [1.807, 2.05) is 30.3 Å². The van der Waals surface area contributed by atoms with Crippen LogP contribution in [0.15, 0.2) is 86.6 Å². The van der Waals surface area contributed by atoms with Gasteiger partial charge in [-0.15, -0.1) is 0 Å². The second kappa shape index (κ2) is 6.42. The van der Waals surface area contributed by atoms with Crippen LogP contribution in [0.5, 0.6) is 0 Å². The van der Waals surface area contributed by atoms with Crippen molar-refractivity contribution in [2.24, 2.45) is 0 Å². The SMILES string of the molecule is O=C1c2oc3ccccc3c(=O)c2[C@@H](c2cccc(Br)c2)N1c1ccccn1. The van der Waals surface area contributed by atoms with Crippen molar-refractivity contribution in [3.05, 3.63) is 105 Å². The molecule has 2 aromatic heterocycles. The number of nitrogens with zero attached hydrogens (tertiary/aromatic N) is 2.